The van der Waals surface area contributed by atoms with Crippen LogP contribution in [0.25, 0.3) is 0 Å². The van der Waals surface area contributed by atoms with Crippen LogP contribution in [0.1, 0.15) is 19.4 Å². The first-order chi connectivity index (χ1) is 9.41. The van der Waals surface area contributed by atoms with E-state index in [1.807, 2.05) is 20.8 Å². The third-order valence-electron chi connectivity index (χ3n) is 3.22. The lowest BCUT2D eigenvalue weighted by Crippen LogP contribution is -2.46. The second-order valence-electron chi connectivity index (χ2n) is 5.25. The predicted molar refractivity (Wildman–Crippen MR) is 85.8 cm³/mol. The van der Waals surface area contributed by atoms with E-state index in [-0.39, 0.29) is 18.5 Å². The van der Waals surface area contributed by atoms with Crippen molar-refractivity contribution in [2.45, 2.75) is 31.8 Å². The van der Waals surface area contributed by atoms with Gasteiger partial charge < -0.3 is 10.1 Å². The summed E-state index contributed by atoms with van der Waals surface area (Å²) < 4.78 is 32.2. The molecule has 0 unspecified atom stereocenters. The zero-order chi connectivity index (χ0) is 14.8. The number of benzene rings is 1. The van der Waals surface area contributed by atoms with E-state index in [9.17, 15) is 8.42 Å². The Morgan fingerprint density at radius 1 is 1.24 bits per heavy atom. The molecule has 0 spiro atoms. The number of sulfonamides is 1. The Balaban J connectivity index is 0.00000220. The van der Waals surface area contributed by atoms with Gasteiger partial charge in [-0.2, -0.15) is 4.31 Å². The molecule has 1 saturated heterocycles. The molecular formula is C14H23ClN2O3S. The Bertz CT molecular complexity index is 570. The highest BCUT2D eigenvalue weighted by atomic mass is 35.5. The molecule has 0 aliphatic carbocycles. The smallest absolute Gasteiger partial charge is 0.243 e. The lowest BCUT2D eigenvalue weighted by atomic mass is 10.2. The van der Waals surface area contributed by atoms with Gasteiger partial charge in [0.25, 0.3) is 0 Å². The molecule has 5 nitrogen and oxygen atoms in total. The van der Waals surface area contributed by atoms with Gasteiger partial charge in [0.05, 0.1) is 11.0 Å². The van der Waals surface area contributed by atoms with E-state index < -0.39 is 10.0 Å². The van der Waals surface area contributed by atoms with Crippen LogP contribution in [0, 0.1) is 6.92 Å². The van der Waals surface area contributed by atoms with Gasteiger partial charge in [-0.25, -0.2) is 8.42 Å². The highest BCUT2D eigenvalue weighted by Gasteiger charge is 2.26. The summed E-state index contributed by atoms with van der Waals surface area (Å²) in [4.78, 5) is 0.341. The minimum atomic E-state index is -3.39. The summed E-state index contributed by atoms with van der Waals surface area (Å²) >= 11 is 0. The number of nitrogens with one attached hydrogen (secondary N) is 1. The van der Waals surface area contributed by atoms with E-state index >= 15 is 0 Å². The van der Waals surface area contributed by atoms with Crippen LogP contribution in [-0.4, -0.2) is 45.0 Å². The first-order valence-corrected chi connectivity index (χ1v) is 8.33. The monoisotopic (exact) mass is 334 g/mol. The van der Waals surface area contributed by atoms with Crippen LogP contribution < -0.4 is 10.1 Å². The van der Waals surface area contributed by atoms with Gasteiger partial charge in [-0.15, -0.1) is 12.4 Å². The maximum absolute atomic E-state index is 12.5. The van der Waals surface area contributed by atoms with Gasteiger partial charge in [0.15, 0.2) is 0 Å². The average Bonchev–Trinajstić information content (AvgIpc) is 2.41. The van der Waals surface area contributed by atoms with Crippen molar-refractivity contribution < 1.29 is 13.2 Å². The molecule has 2 rings (SSSR count). The number of hydrogen-bond acceptors (Lipinski definition) is 4. The lowest BCUT2D eigenvalue weighted by Gasteiger charge is -2.26. The van der Waals surface area contributed by atoms with Gasteiger partial charge in [-0.3, -0.25) is 0 Å². The Kier molecular flexibility index (Phi) is 6.46. The normalized spacial score (nSPS) is 16.6. The third-order valence-corrected chi connectivity index (χ3v) is 5.12. The van der Waals surface area contributed by atoms with Crippen LogP contribution in [0.5, 0.6) is 5.75 Å². The SMILES string of the molecule is Cc1cc(S(=O)(=O)N2CCNCC2)ccc1OC(C)C.Cl. The second kappa shape index (κ2) is 7.45. The van der Waals surface area contributed by atoms with E-state index in [4.69, 9.17) is 4.74 Å². The molecule has 0 bridgehead atoms. The summed E-state index contributed by atoms with van der Waals surface area (Å²) in [5.41, 5.74) is 0.843. The van der Waals surface area contributed by atoms with Crippen molar-refractivity contribution in [2.24, 2.45) is 0 Å². The van der Waals surface area contributed by atoms with Crippen molar-refractivity contribution in [3.8, 4) is 5.75 Å². The fourth-order valence-electron chi connectivity index (χ4n) is 2.20. The lowest BCUT2D eigenvalue weighted by molar-refractivity contribution is 0.240. The molecule has 0 radical (unpaired) electrons. The van der Waals surface area contributed by atoms with E-state index in [2.05, 4.69) is 5.32 Å². The van der Waals surface area contributed by atoms with Crippen molar-refractivity contribution in [1.82, 2.24) is 9.62 Å². The molecule has 1 N–H and O–H groups in total. The first-order valence-electron chi connectivity index (χ1n) is 6.89. The Hall–Kier alpha value is -0.820. The summed E-state index contributed by atoms with van der Waals surface area (Å²) in [6, 6.07) is 5.06. The summed E-state index contributed by atoms with van der Waals surface area (Å²) in [5, 5.41) is 3.15. The number of ether oxygens (including phenoxy) is 1. The molecule has 0 aromatic heterocycles. The highest BCUT2D eigenvalue weighted by Crippen LogP contribution is 2.25. The molecular weight excluding hydrogens is 312 g/mol. The van der Waals surface area contributed by atoms with Crippen LogP contribution in [0.15, 0.2) is 23.1 Å². The molecule has 21 heavy (non-hydrogen) atoms. The molecule has 1 fully saturated rings. The maximum atomic E-state index is 12.5. The number of aryl methyl sites for hydroxylation is 1. The molecule has 1 aromatic rings. The second-order valence-corrected chi connectivity index (χ2v) is 7.19. The quantitative estimate of drug-likeness (QED) is 0.912. The van der Waals surface area contributed by atoms with E-state index in [1.54, 1.807) is 18.2 Å². The van der Waals surface area contributed by atoms with Crippen molar-refractivity contribution in [2.75, 3.05) is 26.2 Å². The fourth-order valence-corrected chi connectivity index (χ4v) is 3.73. The van der Waals surface area contributed by atoms with E-state index in [0.717, 1.165) is 11.3 Å². The highest BCUT2D eigenvalue weighted by molar-refractivity contribution is 7.89. The average molecular weight is 335 g/mol. The van der Waals surface area contributed by atoms with E-state index in [0.29, 0.717) is 31.1 Å². The van der Waals surface area contributed by atoms with Gasteiger partial charge in [-0.05, 0) is 44.5 Å². The zero-order valence-corrected chi connectivity index (χ0v) is 14.3. The van der Waals surface area contributed by atoms with Gasteiger partial charge >= 0.3 is 0 Å². The predicted octanol–water partition coefficient (Wildman–Crippen LogP) is 1.80. The van der Waals surface area contributed by atoms with Crippen molar-refractivity contribution in [3.05, 3.63) is 23.8 Å². The third kappa shape index (κ3) is 4.32. The maximum Gasteiger partial charge on any atom is 0.243 e. The summed E-state index contributed by atoms with van der Waals surface area (Å²) in [6.07, 6.45) is 0.0735. The van der Waals surface area contributed by atoms with Gasteiger partial charge in [0.1, 0.15) is 5.75 Å². The number of piperazine rings is 1. The molecule has 0 amide bonds. The van der Waals surface area contributed by atoms with Crippen molar-refractivity contribution >= 4 is 22.4 Å². The number of halogens is 1. The largest absolute Gasteiger partial charge is 0.491 e. The number of rotatable bonds is 4. The molecule has 1 aliphatic heterocycles. The Morgan fingerprint density at radius 3 is 2.38 bits per heavy atom. The fraction of sp³-hybridized carbons (Fsp3) is 0.571. The summed E-state index contributed by atoms with van der Waals surface area (Å²) in [7, 11) is -3.39. The molecule has 1 aliphatic rings. The Labute approximate surface area is 133 Å². The minimum Gasteiger partial charge on any atom is -0.491 e. The Morgan fingerprint density at radius 2 is 1.86 bits per heavy atom. The van der Waals surface area contributed by atoms with Crippen LogP contribution in [0.4, 0.5) is 0 Å². The van der Waals surface area contributed by atoms with Crippen LogP contribution in [0.2, 0.25) is 0 Å². The standard InChI is InChI=1S/C14H22N2O3S.ClH/c1-11(2)19-14-5-4-13(10-12(14)3)20(17,18)16-8-6-15-7-9-16;/h4-5,10-11,15H,6-9H2,1-3H3;1H. The molecule has 7 heteroatoms. The molecule has 120 valence electrons. The van der Waals surface area contributed by atoms with E-state index in [1.165, 1.54) is 4.31 Å². The van der Waals surface area contributed by atoms with Gasteiger partial charge in [0, 0.05) is 26.2 Å². The minimum absolute atomic E-state index is 0. The van der Waals surface area contributed by atoms with Gasteiger partial charge in [-0.1, -0.05) is 0 Å². The molecule has 0 atom stereocenters. The van der Waals surface area contributed by atoms with Crippen LogP contribution >= 0.6 is 12.4 Å². The van der Waals surface area contributed by atoms with Crippen LogP contribution in [-0.2, 0) is 10.0 Å². The molecule has 1 heterocycles. The first kappa shape index (κ1) is 18.2. The summed E-state index contributed by atoms with van der Waals surface area (Å²) in [5.74, 6) is 0.735. The van der Waals surface area contributed by atoms with Crippen molar-refractivity contribution in [1.29, 1.82) is 0 Å². The topological polar surface area (TPSA) is 58.6 Å². The zero-order valence-electron chi connectivity index (χ0n) is 12.6. The number of nitrogens with zero attached hydrogens (tertiary/aromatic N) is 1. The molecule has 1 aromatic carbocycles. The summed E-state index contributed by atoms with van der Waals surface area (Å²) in [6.45, 7) is 8.21. The van der Waals surface area contributed by atoms with Gasteiger partial charge in [0.2, 0.25) is 10.0 Å². The van der Waals surface area contributed by atoms with Crippen LogP contribution in [0.3, 0.4) is 0 Å². The van der Waals surface area contributed by atoms with Crippen molar-refractivity contribution in [3.63, 3.8) is 0 Å². The number of hydrogen-bond donors (Lipinski definition) is 1. The molecule has 0 saturated carbocycles.